The highest BCUT2D eigenvalue weighted by Crippen LogP contribution is 2.41. The predicted octanol–water partition coefficient (Wildman–Crippen LogP) is 2.56. The number of benzene rings is 1. The van der Waals surface area contributed by atoms with Crippen LogP contribution in [-0.4, -0.2) is 25.3 Å². The Balaban J connectivity index is 1.52. The van der Waals surface area contributed by atoms with E-state index in [-0.39, 0.29) is 0 Å². The summed E-state index contributed by atoms with van der Waals surface area (Å²) in [7, 11) is 0. The molecule has 92 valence electrons. The smallest absolute Gasteiger partial charge is 0.0509 e. The third kappa shape index (κ3) is 2.53. The molecule has 17 heavy (non-hydrogen) atoms. The molecular weight excluding hydrogens is 210 g/mol. The minimum atomic E-state index is 0.594. The fourth-order valence-electron chi connectivity index (χ4n) is 2.87. The molecule has 1 heterocycles. The molecule has 1 aromatic rings. The predicted molar refractivity (Wildman–Crippen MR) is 69.1 cm³/mol. The van der Waals surface area contributed by atoms with Crippen LogP contribution in [0, 0.1) is 5.92 Å². The van der Waals surface area contributed by atoms with E-state index in [0.29, 0.717) is 18.0 Å². The maximum absolute atomic E-state index is 5.45. The number of hydrogen-bond acceptors (Lipinski definition) is 2. The molecule has 0 spiro atoms. The minimum Gasteiger partial charge on any atom is -0.381 e. The van der Waals surface area contributed by atoms with Gasteiger partial charge in [-0.2, -0.15) is 0 Å². The second-order valence-corrected chi connectivity index (χ2v) is 5.44. The van der Waals surface area contributed by atoms with Gasteiger partial charge in [-0.3, -0.25) is 0 Å². The van der Waals surface area contributed by atoms with Crippen LogP contribution in [0.4, 0.5) is 0 Å². The monoisotopic (exact) mass is 231 g/mol. The molecule has 2 heteroatoms. The second kappa shape index (κ2) is 4.79. The van der Waals surface area contributed by atoms with Crippen LogP contribution in [0.1, 0.15) is 31.2 Å². The van der Waals surface area contributed by atoms with Gasteiger partial charge >= 0.3 is 0 Å². The van der Waals surface area contributed by atoms with Crippen LogP contribution in [0.15, 0.2) is 30.3 Å². The van der Waals surface area contributed by atoms with Crippen LogP contribution < -0.4 is 5.32 Å². The zero-order chi connectivity index (χ0) is 11.7. The molecule has 2 fully saturated rings. The van der Waals surface area contributed by atoms with Crippen LogP contribution in [0.5, 0.6) is 0 Å². The highest BCUT2D eigenvalue weighted by atomic mass is 16.5. The summed E-state index contributed by atoms with van der Waals surface area (Å²) in [6.07, 6.45) is 2.51. The molecule has 0 aromatic heterocycles. The molecule has 3 rings (SSSR count). The average Bonchev–Trinajstić information content (AvgIpc) is 2.92. The summed E-state index contributed by atoms with van der Waals surface area (Å²) in [6, 6.07) is 12.1. The van der Waals surface area contributed by atoms with Crippen molar-refractivity contribution in [2.24, 2.45) is 5.92 Å². The van der Waals surface area contributed by atoms with E-state index in [0.717, 1.165) is 19.1 Å². The Labute approximate surface area is 103 Å². The molecule has 4 atom stereocenters. The van der Waals surface area contributed by atoms with Gasteiger partial charge in [-0.15, -0.1) is 0 Å². The van der Waals surface area contributed by atoms with Crippen LogP contribution >= 0.6 is 0 Å². The van der Waals surface area contributed by atoms with E-state index in [1.54, 1.807) is 0 Å². The topological polar surface area (TPSA) is 21.3 Å². The first-order valence-electron chi connectivity index (χ1n) is 6.73. The van der Waals surface area contributed by atoms with Gasteiger partial charge in [0.2, 0.25) is 0 Å². The summed E-state index contributed by atoms with van der Waals surface area (Å²) in [5.74, 6) is 1.45. The van der Waals surface area contributed by atoms with E-state index in [4.69, 9.17) is 4.74 Å². The Hall–Kier alpha value is -0.860. The van der Waals surface area contributed by atoms with Crippen molar-refractivity contribution in [2.45, 2.75) is 37.8 Å². The first-order valence-corrected chi connectivity index (χ1v) is 6.73. The first-order chi connectivity index (χ1) is 8.34. The quantitative estimate of drug-likeness (QED) is 0.860. The van der Waals surface area contributed by atoms with Gasteiger partial charge in [0.15, 0.2) is 0 Å². The van der Waals surface area contributed by atoms with E-state index in [1.807, 2.05) is 0 Å². The standard InChI is InChI=1S/C15H21NO/c1-11(13-7-8-17-10-13)16-15-9-14(15)12-5-3-2-4-6-12/h2-6,11,13-16H,7-10H2,1H3. The Morgan fingerprint density at radius 3 is 2.82 bits per heavy atom. The van der Waals surface area contributed by atoms with Crippen molar-refractivity contribution in [3.63, 3.8) is 0 Å². The summed E-state index contributed by atoms with van der Waals surface area (Å²) in [6.45, 7) is 4.19. The number of rotatable bonds is 4. The zero-order valence-corrected chi connectivity index (χ0v) is 10.4. The second-order valence-electron chi connectivity index (χ2n) is 5.44. The van der Waals surface area contributed by atoms with Gasteiger partial charge in [0.1, 0.15) is 0 Å². The van der Waals surface area contributed by atoms with Crippen LogP contribution in [0.3, 0.4) is 0 Å². The normalized spacial score (nSPS) is 33.6. The largest absolute Gasteiger partial charge is 0.381 e. The van der Waals surface area contributed by atoms with Gasteiger partial charge in [-0.05, 0) is 31.2 Å². The Morgan fingerprint density at radius 2 is 2.12 bits per heavy atom. The van der Waals surface area contributed by atoms with E-state index >= 15 is 0 Å². The molecule has 1 aliphatic carbocycles. The Bertz CT molecular complexity index is 358. The molecule has 1 saturated heterocycles. The lowest BCUT2D eigenvalue weighted by molar-refractivity contribution is 0.178. The van der Waals surface area contributed by atoms with Crippen molar-refractivity contribution in [3.05, 3.63) is 35.9 Å². The fourth-order valence-corrected chi connectivity index (χ4v) is 2.87. The van der Waals surface area contributed by atoms with E-state index in [9.17, 15) is 0 Å². The number of hydrogen-bond donors (Lipinski definition) is 1. The van der Waals surface area contributed by atoms with Crippen molar-refractivity contribution >= 4 is 0 Å². The van der Waals surface area contributed by atoms with Crippen molar-refractivity contribution in [3.8, 4) is 0 Å². The van der Waals surface area contributed by atoms with E-state index < -0.39 is 0 Å². The molecule has 4 unspecified atom stereocenters. The van der Waals surface area contributed by atoms with Gasteiger partial charge in [-0.1, -0.05) is 30.3 Å². The van der Waals surface area contributed by atoms with Gasteiger partial charge in [0.05, 0.1) is 6.61 Å². The lowest BCUT2D eigenvalue weighted by Crippen LogP contribution is -2.35. The Morgan fingerprint density at radius 1 is 1.29 bits per heavy atom. The highest BCUT2D eigenvalue weighted by molar-refractivity contribution is 5.27. The molecule has 1 N–H and O–H groups in total. The van der Waals surface area contributed by atoms with Gasteiger partial charge in [0, 0.05) is 24.6 Å². The number of ether oxygens (including phenoxy) is 1. The van der Waals surface area contributed by atoms with Crippen LogP contribution in [0.2, 0.25) is 0 Å². The summed E-state index contributed by atoms with van der Waals surface area (Å²) in [5, 5.41) is 3.76. The SMILES string of the molecule is CC(NC1CC1c1ccccc1)C1CCOC1. The van der Waals surface area contributed by atoms with Crippen LogP contribution in [-0.2, 0) is 4.74 Å². The summed E-state index contributed by atoms with van der Waals surface area (Å²) < 4.78 is 5.45. The molecule has 1 saturated carbocycles. The highest BCUT2D eigenvalue weighted by Gasteiger charge is 2.39. The maximum Gasteiger partial charge on any atom is 0.0509 e. The van der Waals surface area contributed by atoms with Gasteiger partial charge in [0.25, 0.3) is 0 Å². The summed E-state index contributed by atoms with van der Waals surface area (Å²) in [4.78, 5) is 0. The van der Waals surface area contributed by atoms with Gasteiger partial charge in [-0.25, -0.2) is 0 Å². The summed E-state index contributed by atoms with van der Waals surface area (Å²) in [5.41, 5.74) is 1.49. The fraction of sp³-hybridized carbons (Fsp3) is 0.600. The van der Waals surface area contributed by atoms with Crippen molar-refractivity contribution in [1.82, 2.24) is 5.32 Å². The van der Waals surface area contributed by atoms with Crippen molar-refractivity contribution < 1.29 is 4.74 Å². The third-order valence-electron chi connectivity index (χ3n) is 4.17. The minimum absolute atomic E-state index is 0.594. The molecule has 1 aliphatic heterocycles. The molecule has 0 amide bonds. The molecule has 1 aromatic carbocycles. The Kier molecular flexibility index (Phi) is 3.17. The molecule has 0 radical (unpaired) electrons. The first kappa shape index (κ1) is 11.2. The van der Waals surface area contributed by atoms with Crippen LogP contribution in [0.25, 0.3) is 0 Å². The van der Waals surface area contributed by atoms with Gasteiger partial charge < -0.3 is 10.1 Å². The lowest BCUT2D eigenvalue weighted by atomic mass is 10.0. The molecule has 2 nitrogen and oxygen atoms in total. The average molecular weight is 231 g/mol. The maximum atomic E-state index is 5.45. The molecule has 2 aliphatic rings. The van der Waals surface area contributed by atoms with E-state index in [1.165, 1.54) is 18.4 Å². The van der Waals surface area contributed by atoms with Crippen molar-refractivity contribution in [1.29, 1.82) is 0 Å². The van der Waals surface area contributed by atoms with E-state index in [2.05, 4.69) is 42.6 Å². The number of nitrogens with one attached hydrogen (secondary N) is 1. The lowest BCUT2D eigenvalue weighted by Gasteiger charge is -2.19. The molecule has 0 bridgehead atoms. The third-order valence-corrected chi connectivity index (χ3v) is 4.17. The molecular formula is C15H21NO. The summed E-state index contributed by atoms with van der Waals surface area (Å²) >= 11 is 0. The zero-order valence-electron chi connectivity index (χ0n) is 10.4. The van der Waals surface area contributed by atoms with Crippen molar-refractivity contribution in [2.75, 3.05) is 13.2 Å².